The van der Waals surface area contributed by atoms with Crippen molar-refractivity contribution >= 4 is 17.8 Å². The van der Waals surface area contributed by atoms with Crippen molar-refractivity contribution in [2.24, 2.45) is 57.2 Å². The van der Waals surface area contributed by atoms with E-state index in [0.29, 0.717) is 41.3 Å². The van der Waals surface area contributed by atoms with Gasteiger partial charge in [0.1, 0.15) is 17.5 Å². The maximum absolute atomic E-state index is 12.4. The summed E-state index contributed by atoms with van der Waals surface area (Å²) in [4.78, 5) is 23.7. The minimum absolute atomic E-state index is 0.0438. The molecule has 0 spiro atoms. The van der Waals surface area contributed by atoms with Crippen molar-refractivity contribution in [1.29, 1.82) is 0 Å². The molecule has 0 aromatic carbocycles. The number of ether oxygens (including phenoxy) is 1. The molecule has 9 rings (SSSR count). The third kappa shape index (κ3) is 4.79. The summed E-state index contributed by atoms with van der Waals surface area (Å²) in [6.45, 7) is 10.9. The number of aliphatic hydroxyl groups is 1. The Morgan fingerprint density at radius 3 is 2.39 bits per heavy atom. The van der Waals surface area contributed by atoms with E-state index in [1.165, 1.54) is 30.9 Å². The second-order valence-electron chi connectivity index (χ2n) is 18.5. The van der Waals surface area contributed by atoms with E-state index >= 15 is 0 Å². The fourth-order valence-electron chi connectivity index (χ4n) is 13.9. The fourth-order valence-corrected chi connectivity index (χ4v) is 13.9. The second-order valence-corrected chi connectivity index (χ2v) is 18.5. The Balaban J connectivity index is 0.000000142. The van der Waals surface area contributed by atoms with Gasteiger partial charge in [-0.3, -0.25) is 9.59 Å². The molecule has 1 aromatic rings. The molecule has 0 bridgehead atoms. The number of nitrogens with zero attached hydrogens (tertiary/aromatic N) is 1. The zero-order chi connectivity index (χ0) is 34.6. The lowest BCUT2D eigenvalue weighted by molar-refractivity contribution is -0.148. The standard InChI is InChI=1S/C22H27NO2.C21H30O3/c1-4-22(24)10-8-18-16-6-5-15-11-19-14(13-23-25-19)12-20(15,2)17(16)7-9-21(18,22)3;1-13(22)24-15-8-10-20(2)14(12-15)4-5-16-17-6-7-19(23)21(17,3)11-9-18(16)20/h1,11,13,16-18,24H,5-10,12H2,2-3H3;4,15-18H,5-12H2,1-3H3. The molecule has 1 aromatic heterocycles. The van der Waals surface area contributed by atoms with Gasteiger partial charge in [-0.1, -0.05) is 56.0 Å². The first-order valence-electron chi connectivity index (χ1n) is 19.5. The van der Waals surface area contributed by atoms with Gasteiger partial charge in [0.05, 0.1) is 6.20 Å². The number of fused-ring (bicyclic) bond motifs is 11. The highest BCUT2D eigenvalue weighted by molar-refractivity contribution is 5.87. The molecule has 264 valence electrons. The summed E-state index contributed by atoms with van der Waals surface area (Å²) in [5, 5.41) is 15.1. The first-order valence-corrected chi connectivity index (χ1v) is 19.5. The number of esters is 1. The van der Waals surface area contributed by atoms with Gasteiger partial charge >= 0.3 is 5.97 Å². The molecular weight excluding hydrogens is 610 g/mol. The largest absolute Gasteiger partial charge is 0.462 e. The monoisotopic (exact) mass is 667 g/mol. The van der Waals surface area contributed by atoms with Crippen LogP contribution in [-0.2, 0) is 20.7 Å². The van der Waals surface area contributed by atoms with Gasteiger partial charge in [0.2, 0.25) is 0 Å². The molecule has 0 amide bonds. The van der Waals surface area contributed by atoms with Crippen LogP contribution in [-0.4, -0.2) is 33.7 Å². The third-order valence-corrected chi connectivity index (χ3v) is 16.8. The van der Waals surface area contributed by atoms with Crippen molar-refractivity contribution in [1.82, 2.24) is 5.16 Å². The van der Waals surface area contributed by atoms with Crippen molar-refractivity contribution in [2.75, 3.05) is 0 Å². The smallest absolute Gasteiger partial charge is 0.302 e. The summed E-state index contributed by atoms with van der Waals surface area (Å²) in [6, 6.07) is 0. The maximum atomic E-state index is 12.4. The van der Waals surface area contributed by atoms with E-state index in [-0.39, 0.29) is 33.7 Å². The maximum Gasteiger partial charge on any atom is 0.302 e. The Morgan fingerprint density at radius 1 is 0.898 bits per heavy atom. The van der Waals surface area contributed by atoms with Crippen LogP contribution < -0.4 is 0 Å². The Labute approximate surface area is 293 Å². The van der Waals surface area contributed by atoms with E-state index in [1.54, 1.807) is 5.57 Å². The summed E-state index contributed by atoms with van der Waals surface area (Å²) in [7, 11) is 0. The molecule has 1 heterocycles. The summed E-state index contributed by atoms with van der Waals surface area (Å²) in [5.41, 5.74) is 3.72. The van der Waals surface area contributed by atoms with Crippen LogP contribution in [0.25, 0.3) is 6.08 Å². The molecule has 12 unspecified atom stereocenters. The predicted molar refractivity (Wildman–Crippen MR) is 189 cm³/mol. The van der Waals surface area contributed by atoms with Crippen molar-refractivity contribution in [3.8, 4) is 12.3 Å². The summed E-state index contributed by atoms with van der Waals surface area (Å²) in [5.74, 6) is 7.97. The number of hydrogen-bond donors (Lipinski definition) is 1. The normalized spacial score (nSPS) is 47.5. The van der Waals surface area contributed by atoms with Gasteiger partial charge < -0.3 is 14.4 Å². The van der Waals surface area contributed by atoms with E-state index in [4.69, 9.17) is 15.7 Å². The number of ketones is 1. The van der Waals surface area contributed by atoms with Crippen LogP contribution >= 0.6 is 0 Å². The van der Waals surface area contributed by atoms with Crippen LogP contribution in [0.5, 0.6) is 0 Å². The minimum Gasteiger partial charge on any atom is -0.462 e. The molecule has 8 aliphatic rings. The molecule has 49 heavy (non-hydrogen) atoms. The molecule has 0 saturated heterocycles. The van der Waals surface area contributed by atoms with Crippen LogP contribution in [0.1, 0.15) is 136 Å². The molecule has 1 N–H and O–H groups in total. The van der Waals surface area contributed by atoms with E-state index in [0.717, 1.165) is 89.2 Å². The number of hydrogen-bond acceptors (Lipinski definition) is 6. The van der Waals surface area contributed by atoms with Gasteiger partial charge in [-0.05, 0) is 136 Å². The molecule has 6 heteroatoms. The zero-order valence-corrected chi connectivity index (χ0v) is 30.5. The Morgan fingerprint density at radius 2 is 1.61 bits per heavy atom. The Hall–Kier alpha value is -2.65. The average molecular weight is 668 g/mol. The number of rotatable bonds is 1. The average Bonchev–Trinajstić information content (AvgIpc) is 3.73. The zero-order valence-electron chi connectivity index (χ0n) is 30.5. The van der Waals surface area contributed by atoms with Gasteiger partial charge in [-0.25, -0.2) is 0 Å². The van der Waals surface area contributed by atoms with Crippen molar-refractivity contribution in [3.05, 3.63) is 34.7 Å². The molecule has 0 aliphatic heterocycles. The number of allylic oxidation sites excluding steroid dienone is 2. The molecule has 0 radical (unpaired) electrons. The highest BCUT2D eigenvalue weighted by Gasteiger charge is 2.64. The summed E-state index contributed by atoms with van der Waals surface area (Å²) < 4.78 is 10.9. The highest BCUT2D eigenvalue weighted by atomic mass is 16.5. The van der Waals surface area contributed by atoms with E-state index in [9.17, 15) is 14.7 Å². The Kier molecular flexibility index (Phi) is 7.81. The van der Waals surface area contributed by atoms with Crippen LogP contribution in [0.4, 0.5) is 0 Å². The van der Waals surface area contributed by atoms with Gasteiger partial charge in [-0.15, -0.1) is 6.42 Å². The fraction of sp³-hybridized carbons (Fsp3) is 0.744. The topological polar surface area (TPSA) is 89.6 Å². The molecule has 6 nitrogen and oxygen atoms in total. The van der Waals surface area contributed by atoms with Crippen LogP contribution in [0.2, 0.25) is 0 Å². The molecule has 8 aliphatic carbocycles. The quantitative estimate of drug-likeness (QED) is 0.183. The van der Waals surface area contributed by atoms with Crippen molar-refractivity contribution in [3.63, 3.8) is 0 Å². The van der Waals surface area contributed by atoms with Gasteiger partial charge in [-0.2, -0.15) is 0 Å². The highest BCUT2D eigenvalue weighted by Crippen LogP contribution is 2.68. The lowest BCUT2D eigenvalue weighted by atomic mass is 9.46. The van der Waals surface area contributed by atoms with E-state index in [1.807, 2.05) is 6.20 Å². The lowest BCUT2D eigenvalue weighted by Gasteiger charge is -2.58. The van der Waals surface area contributed by atoms with Gasteiger partial charge in [0.15, 0.2) is 5.76 Å². The second kappa shape index (κ2) is 11.4. The van der Waals surface area contributed by atoms with Crippen molar-refractivity contribution in [2.45, 2.75) is 143 Å². The lowest BCUT2D eigenvalue weighted by Crippen LogP contribution is -2.54. The number of aromatic nitrogens is 1. The Bertz CT molecular complexity index is 1650. The van der Waals surface area contributed by atoms with E-state index < -0.39 is 5.60 Å². The first kappa shape index (κ1) is 33.5. The van der Waals surface area contributed by atoms with Crippen LogP contribution in [0.3, 0.4) is 0 Å². The predicted octanol–water partition coefficient (Wildman–Crippen LogP) is 8.67. The van der Waals surface area contributed by atoms with Crippen LogP contribution in [0.15, 0.2) is 27.9 Å². The number of terminal acetylenes is 1. The molecule has 6 fully saturated rings. The summed E-state index contributed by atoms with van der Waals surface area (Å²) in [6.07, 6.45) is 28.2. The SMILES string of the molecule is C#CC1(O)CCC2C3CCC4=Cc5oncc5CC4(C)C3CCC21C.CC(=O)OC1CCC2(C)C(=CCC3C4CCC(=O)C4(C)CCC32)C1. The van der Waals surface area contributed by atoms with E-state index in [2.05, 4.69) is 50.9 Å². The van der Waals surface area contributed by atoms with Crippen LogP contribution in [0, 0.1) is 69.5 Å². The van der Waals surface area contributed by atoms with Crippen molar-refractivity contribution < 1.29 is 24.0 Å². The molecule has 12 atom stereocenters. The van der Waals surface area contributed by atoms with Gasteiger partial charge in [0.25, 0.3) is 0 Å². The first-order chi connectivity index (χ1) is 23.3. The number of carbonyl (C=O) groups is 2. The summed E-state index contributed by atoms with van der Waals surface area (Å²) >= 11 is 0. The molecular formula is C43H57NO5. The van der Waals surface area contributed by atoms with Gasteiger partial charge in [0, 0.05) is 36.2 Å². The minimum atomic E-state index is -0.909. The molecule has 6 saturated carbocycles. The number of carbonyl (C=O) groups excluding carboxylic acids is 2. The third-order valence-electron chi connectivity index (χ3n) is 16.8. The number of Topliss-reactive ketones (excluding diaryl/α,β-unsaturated/α-hetero) is 1.